The van der Waals surface area contributed by atoms with Crippen LogP contribution in [0, 0.1) is 0 Å². The number of aliphatic hydroxyl groups excluding tert-OH is 2. The quantitative estimate of drug-likeness (QED) is 0.430. The van der Waals surface area contributed by atoms with Gasteiger partial charge in [-0.2, -0.15) is 4.98 Å². The van der Waals surface area contributed by atoms with Crippen LogP contribution >= 0.6 is 0 Å². The van der Waals surface area contributed by atoms with Gasteiger partial charge in [-0.25, -0.2) is 4.99 Å². The summed E-state index contributed by atoms with van der Waals surface area (Å²) >= 11 is 0. The maximum absolute atomic E-state index is 11.6. The summed E-state index contributed by atoms with van der Waals surface area (Å²) in [5.41, 5.74) is 5.23. The van der Waals surface area contributed by atoms with Gasteiger partial charge in [0.05, 0.1) is 18.4 Å². The van der Waals surface area contributed by atoms with Crippen molar-refractivity contribution in [3.05, 3.63) is 10.4 Å². The monoisotopic (exact) mass is 239 g/mol. The van der Waals surface area contributed by atoms with Gasteiger partial charge in [-0.1, -0.05) is 0 Å². The first kappa shape index (κ1) is 11.6. The van der Waals surface area contributed by atoms with Gasteiger partial charge in [-0.15, -0.1) is 0 Å². The fourth-order valence-electron chi connectivity index (χ4n) is 1.52. The van der Waals surface area contributed by atoms with Gasteiger partial charge in [-0.3, -0.25) is 9.78 Å². The lowest BCUT2D eigenvalue weighted by Gasteiger charge is -2.21. The van der Waals surface area contributed by atoms with Crippen LogP contribution in [0.15, 0.2) is 9.79 Å². The molecule has 1 aromatic heterocycles. The highest BCUT2D eigenvalue weighted by Crippen LogP contribution is 2.22. The molecule has 17 heavy (non-hydrogen) atoms. The molecule has 0 aromatic carbocycles. The second-order valence-electron chi connectivity index (χ2n) is 3.79. The highest BCUT2D eigenvalue weighted by atomic mass is 16.3. The highest BCUT2D eigenvalue weighted by molar-refractivity contribution is 5.97. The second kappa shape index (κ2) is 4.15. The van der Waals surface area contributed by atoms with E-state index in [2.05, 4.69) is 20.3 Å². The van der Waals surface area contributed by atoms with Crippen LogP contribution in [-0.4, -0.2) is 44.6 Å². The van der Waals surface area contributed by atoms with Crippen LogP contribution in [0.2, 0.25) is 0 Å². The molecule has 1 aromatic rings. The predicted octanol–water partition coefficient (Wildman–Crippen LogP) is -1.41. The molecule has 0 saturated heterocycles. The van der Waals surface area contributed by atoms with E-state index in [1.54, 1.807) is 0 Å². The molecule has 0 unspecified atom stereocenters. The number of nitrogens with two attached hydrogens (primary N) is 1. The molecule has 2 rings (SSSR count). The fourth-order valence-corrected chi connectivity index (χ4v) is 1.52. The zero-order chi connectivity index (χ0) is 12.6. The number of rotatable bonds is 2. The summed E-state index contributed by atoms with van der Waals surface area (Å²) in [6, 6.07) is 0. The molecule has 1 aliphatic heterocycles. The maximum Gasteiger partial charge on any atom is 0.280 e. The third-order valence-electron chi connectivity index (χ3n) is 2.40. The molecule has 8 heteroatoms. The topological polar surface area (TPSA) is 137 Å². The van der Waals surface area contributed by atoms with E-state index < -0.39 is 17.8 Å². The van der Waals surface area contributed by atoms with Gasteiger partial charge in [-0.05, 0) is 6.92 Å². The van der Waals surface area contributed by atoms with Crippen molar-refractivity contribution in [3.63, 3.8) is 0 Å². The molecular weight excluding hydrogens is 226 g/mol. The molecule has 2 heterocycles. The first-order valence-electron chi connectivity index (χ1n) is 5.06. The Balaban J connectivity index is 2.45. The summed E-state index contributed by atoms with van der Waals surface area (Å²) in [6.07, 6.45) is -2.08. The van der Waals surface area contributed by atoms with E-state index in [4.69, 9.17) is 5.73 Å². The van der Waals surface area contributed by atoms with E-state index in [0.717, 1.165) is 0 Å². The largest absolute Gasteiger partial charge is 0.390 e. The van der Waals surface area contributed by atoms with Crippen LogP contribution in [0.5, 0.6) is 0 Å². The Labute approximate surface area is 96.2 Å². The Morgan fingerprint density at radius 1 is 1.47 bits per heavy atom. The van der Waals surface area contributed by atoms with E-state index in [9.17, 15) is 15.0 Å². The third-order valence-corrected chi connectivity index (χ3v) is 2.40. The minimum Gasteiger partial charge on any atom is -0.390 e. The number of H-pyrrole nitrogens is 1. The van der Waals surface area contributed by atoms with E-state index in [0.29, 0.717) is 0 Å². The Bertz CT molecular complexity index is 522. The number of fused-ring (bicyclic) bond motifs is 1. The number of hydrogen-bond acceptors (Lipinski definition) is 7. The van der Waals surface area contributed by atoms with Gasteiger partial charge in [0.2, 0.25) is 5.95 Å². The van der Waals surface area contributed by atoms with Crippen molar-refractivity contribution in [2.75, 3.05) is 17.6 Å². The molecule has 6 N–H and O–H groups in total. The van der Waals surface area contributed by atoms with E-state index in [1.807, 2.05) is 0 Å². The SMILES string of the molecule is C[C@H](O)[C@H](O)C1=Nc2c(nc(N)[nH]c2=O)NC1. The molecule has 2 atom stereocenters. The van der Waals surface area contributed by atoms with Crippen molar-refractivity contribution < 1.29 is 10.2 Å². The molecule has 0 amide bonds. The standard InChI is InChI=1S/C9H13N5O3/c1-3(15)6(16)4-2-11-7-5(12-4)8(17)14-9(10)13-7/h3,6,15-16H,2H2,1H3,(H4,10,11,13,14,17)/t3-,6-/m0/s1. The van der Waals surface area contributed by atoms with Gasteiger partial charge in [0.15, 0.2) is 11.5 Å². The molecule has 1 aliphatic rings. The molecule has 0 saturated carbocycles. The summed E-state index contributed by atoms with van der Waals surface area (Å²) in [6.45, 7) is 1.64. The summed E-state index contributed by atoms with van der Waals surface area (Å²) in [5, 5.41) is 21.7. The van der Waals surface area contributed by atoms with Gasteiger partial charge in [0.25, 0.3) is 5.56 Å². The van der Waals surface area contributed by atoms with Crippen LogP contribution in [0.1, 0.15) is 6.92 Å². The minimum absolute atomic E-state index is 0.00373. The van der Waals surface area contributed by atoms with Crippen molar-refractivity contribution in [1.82, 2.24) is 9.97 Å². The van der Waals surface area contributed by atoms with Gasteiger partial charge in [0.1, 0.15) is 6.10 Å². The molecule has 0 bridgehead atoms. The summed E-state index contributed by atoms with van der Waals surface area (Å²) in [5.74, 6) is 0.267. The summed E-state index contributed by atoms with van der Waals surface area (Å²) in [4.78, 5) is 21.7. The first-order valence-corrected chi connectivity index (χ1v) is 5.06. The number of aliphatic hydroxyl groups is 2. The number of aliphatic imine (C=N–C) groups is 1. The van der Waals surface area contributed by atoms with E-state index >= 15 is 0 Å². The van der Waals surface area contributed by atoms with Crippen LogP contribution in [0.4, 0.5) is 17.5 Å². The number of anilines is 2. The lowest BCUT2D eigenvalue weighted by molar-refractivity contribution is 0.0731. The lowest BCUT2D eigenvalue weighted by atomic mass is 10.1. The number of aromatic nitrogens is 2. The van der Waals surface area contributed by atoms with Gasteiger partial charge >= 0.3 is 0 Å². The Kier molecular flexibility index (Phi) is 2.82. The number of aromatic amines is 1. The van der Waals surface area contributed by atoms with E-state index in [1.165, 1.54) is 6.92 Å². The second-order valence-corrected chi connectivity index (χ2v) is 3.79. The summed E-state index contributed by atoms with van der Waals surface area (Å²) < 4.78 is 0. The van der Waals surface area contributed by atoms with Crippen LogP contribution in [-0.2, 0) is 0 Å². The number of nitrogens with zero attached hydrogens (tertiary/aromatic N) is 2. The average molecular weight is 239 g/mol. The average Bonchev–Trinajstić information content (AvgIpc) is 2.27. The minimum atomic E-state index is -1.12. The van der Waals surface area contributed by atoms with Gasteiger partial charge < -0.3 is 21.3 Å². The molecule has 0 aliphatic carbocycles. The number of nitrogen functional groups attached to an aromatic ring is 1. The van der Waals surface area contributed by atoms with Crippen LogP contribution in [0.25, 0.3) is 0 Å². The molecule has 0 spiro atoms. The molecule has 0 radical (unpaired) electrons. The Morgan fingerprint density at radius 2 is 2.18 bits per heavy atom. The molecule has 92 valence electrons. The Hall–Kier alpha value is -1.93. The lowest BCUT2D eigenvalue weighted by Crippen LogP contribution is -2.38. The number of hydrogen-bond donors (Lipinski definition) is 5. The Morgan fingerprint density at radius 3 is 2.82 bits per heavy atom. The normalized spacial score (nSPS) is 17.7. The van der Waals surface area contributed by atoms with Crippen molar-refractivity contribution in [2.45, 2.75) is 19.1 Å². The zero-order valence-corrected chi connectivity index (χ0v) is 9.14. The molecular formula is C9H13N5O3. The predicted molar refractivity (Wildman–Crippen MR) is 62.5 cm³/mol. The fraction of sp³-hybridized carbons (Fsp3) is 0.444. The van der Waals surface area contributed by atoms with Crippen LogP contribution in [0.3, 0.4) is 0 Å². The summed E-state index contributed by atoms with van der Waals surface area (Å²) in [7, 11) is 0. The smallest absolute Gasteiger partial charge is 0.280 e. The zero-order valence-electron chi connectivity index (χ0n) is 9.14. The molecule has 0 fully saturated rings. The first-order chi connectivity index (χ1) is 7.99. The van der Waals surface area contributed by atoms with Gasteiger partial charge in [0, 0.05) is 0 Å². The third kappa shape index (κ3) is 2.12. The van der Waals surface area contributed by atoms with E-state index in [-0.39, 0.29) is 29.7 Å². The van der Waals surface area contributed by atoms with Crippen molar-refractivity contribution in [1.29, 1.82) is 0 Å². The maximum atomic E-state index is 11.6. The molecule has 8 nitrogen and oxygen atoms in total. The van der Waals surface area contributed by atoms with Crippen molar-refractivity contribution in [2.24, 2.45) is 4.99 Å². The highest BCUT2D eigenvalue weighted by Gasteiger charge is 2.24. The van der Waals surface area contributed by atoms with Crippen molar-refractivity contribution >= 4 is 23.2 Å². The number of nitrogens with one attached hydrogen (secondary N) is 2. The van der Waals surface area contributed by atoms with Crippen LogP contribution < -0.4 is 16.6 Å². The van der Waals surface area contributed by atoms with Crippen molar-refractivity contribution in [3.8, 4) is 0 Å².